The molecule has 0 bridgehead atoms. The monoisotopic (exact) mass is 261 g/mol. The van der Waals surface area contributed by atoms with Crippen LogP contribution in [0.2, 0.25) is 0 Å². The van der Waals surface area contributed by atoms with E-state index in [1.165, 1.54) is 12.1 Å². The first-order valence-corrected chi connectivity index (χ1v) is 5.45. The van der Waals surface area contributed by atoms with E-state index < -0.39 is 23.3 Å². The van der Waals surface area contributed by atoms with E-state index in [4.69, 9.17) is 0 Å². The highest BCUT2D eigenvalue weighted by molar-refractivity contribution is 5.81. The van der Waals surface area contributed by atoms with E-state index >= 15 is 0 Å². The van der Waals surface area contributed by atoms with Gasteiger partial charge in [0.2, 0.25) is 0 Å². The predicted molar refractivity (Wildman–Crippen MR) is 56.4 cm³/mol. The fraction of sp³-hybridized carbons (Fsp3) is 0.417. The van der Waals surface area contributed by atoms with Gasteiger partial charge < -0.3 is 5.32 Å². The zero-order valence-corrected chi connectivity index (χ0v) is 9.35. The number of rotatable bonds is 3. The lowest BCUT2D eigenvalue weighted by Gasteiger charge is -2.17. The summed E-state index contributed by atoms with van der Waals surface area (Å²) in [4.78, 5) is 10.7. The van der Waals surface area contributed by atoms with Crippen molar-refractivity contribution in [3.63, 3.8) is 0 Å². The summed E-state index contributed by atoms with van der Waals surface area (Å²) in [5.41, 5.74) is -0.306. The van der Waals surface area contributed by atoms with Crippen molar-refractivity contribution >= 4 is 5.91 Å². The first-order chi connectivity index (χ1) is 8.35. The normalized spacial score (nSPS) is 17.3. The molecule has 1 aliphatic rings. The molecule has 6 heteroatoms. The largest absolute Gasteiger partial charge is 0.471 e. The van der Waals surface area contributed by atoms with E-state index in [2.05, 4.69) is 0 Å². The van der Waals surface area contributed by atoms with E-state index in [9.17, 15) is 22.4 Å². The van der Waals surface area contributed by atoms with Crippen LogP contribution in [0.1, 0.15) is 18.4 Å². The van der Waals surface area contributed by atoms with E-state index in [1.807, 2.05) is 5.32 Å². The number of alkyl halides is 3. The lowest BCUT2D eigenvalue weighted by atomic mass is 9.95. The molecule has 2 nitrogen and oxygen atoms in total. The van der Waals surface area contributed by atoms with Crippen LogP contribution in [0.5, 0.6) is 0 Å². The molecule has 1 aromatic carbocycles. The molecule has 18 heavy (non-hydrogen) atoms. The van der Waals surface area contributed by atoms with Gasteiger partial charge in [-0.2, -0.15) is 13.2 Å². The summed E-state index contributed by atoms with van der Waals surface area (Å²) < 4.78 is 49.7. The number of carbonyl (C=O) groups is 1. The van der Waals surface area contributed by atoms with Gasteiger partial charge in [0, 0.05) is 12.0 Å². The van der Waals surface area contributed by atoms with Gasteiger partial charge in [0.25, 0.3) is 0 Å². The summed E-state index contributed by atoms with van der Waals surface area (Å²) in [6.07, 6.45) is -3.75. The highest BCUT2D eigenvalue weighted by Crippen LogP contribution is 2.48. The summed E-state index contributed by atoms with van der Waals surface area (Å²) in [6, 6.07) is 5.95. The number of hydrogen-bond donors (Lipinski definition) is 1. The van der Waals surface area contributed by atoms with Gasteiger partial charge >= 0.3 is 12.1 Å². The molecule has 0 heterocycles. The van der Waals surface area contributed by atoms with Crippen LogP contribution in [-0.4, -0.2) is 18.6 Å². The maximum absolute atomic E-state index is 13.5. The van der Waals surface area contributed by atoms with Crippen molar-refractivity contribution in [3.8, 4) is 0 Å². The van der Waals surface area contributed by atoms with Gasteiger partial charge in [0.05, 0.1) is 0 Å². The number of halogens is 4. The molecule has 1 amide bonds. The SMILES string of the molecule is O=C(NCC1(c2ccccc2F)CC1)C(F)(F)F. The number of hydrogen-bond acceptors (Lipinski definition) is 1. The van der Waals surface area contributed by atoms with Crippen LogP contribution in [0, 0.1) is 5.82 Å². The standard InChI is InChI=1S/C12H11F4NO/c13-9-4-2-1-3-8(9)11(5-6-11)7-17-10(18)12(14,15)16/h1-4H,5-7H2,(H,17,18). The van der Waals surface area contributed by atoms with Gasteiger partial charge in [-0.15, -0.1) is 0 Å². The van der Waals surface area contributed by atoms with Crippen LogP contribution in [0.3, 0.4) is 0 Å². The van der Waals surface area contributed by atoms with Crippen LogP contribution in [0.15, 0.2) is 24.3 Å². The molecule has 98 valence electrons. The Hall–Kier alpha value is -1.59. The van der Waals surface area contributed by atoms with Gasteiger partial charge in [-0.25, -0.2) is 4.39 Å². The lowest BCUT2D eigenvalue weighted by molar-refractivity contribution is -0.173. The molecule has 0 atom stereocenters. The highest BCUT2D eigenvalue weighted by Gasteiger charge is 2.48. The van der Waals surface area contributed by atoms with Gasteiger partial charge in [-0.1, -0.05) is 18.2 Å². The van der Waals surface area contributed by atoms with Crippen LogP contribution in [0.4, 0.5) is 17.6 Å². The topological polar surface area (TPSA) is 29.1 Å². The predicted octanol–water partition coefficient (Wildman–Crippen LogP) is 2.54. The Morgan fingerprint density at radius 1 is 1.28 bits per heavy atom. The quantitative estimate of drug-likeness (QED) is 0.832. The maximum atomic E-state index is 13.5. The number of nitrogens with one attached hydrogen (secondary N) is 1. The summed E-state index contributed by atoms with van der Waals surface area (Å²) >= 11 is 0. The van der Waals surface area contributed by atoms with Crippen LogP contribution in [0.25, 0.3) is 0 Å². The summed E-state index contributed by atoms with van der Waals surface area (Å²) in [6.45, 7) is -0.188. The number of amides is 1. The second kappa shape index (κ2) is 4.26. The minimum Gasteiger partial charge on any atom is -0.347 e. The Bertz CT molecular complexity index is 465. The minimum atomic E-state index is -4.90. The molecule has 1 N–H and O–H groups in total. The van der Waals surface area contributed by atoms with E-state index in [-0.39, 0.29) is 6.54 Å². The third-order valence-electron chi connectivity index (χ3n) is 3.14. The molecule has 0 aromatic heterocycles. The molecule has 0 saturated heterocycles. The summed E-state index contributed by atoms with van der Waals surface area (Å²) in [5.74, 6) is -2.43. The number of benzene rings is 1. The second-order valence-electron chi connectivity index (χ2n) is 4.44. The molecular formula is C12H11F4NO. The van der Waals surface area contributed by atoms with Gasteiger partial charge in [-0.3, -0.25) is 4.79 Å². The molecule has 1 saturated carbocycles. The maximum Gasteiger partial charge on any atom is 0.471 e. The molecule has 1 aliphatic carbocycles. The second-order valence-corrected chi connectivity index (χ2v) is 4.44. The van der Waals surface area contributed by atoms with Crippen molar-refractivity contribution in [2.24, 2.45) is 0 Å². The first-order valence-electron chi connectivity index (χ1n) is 5.45. The average molecular weight is 261 g/mol. The Kier molecular flexibility index (Phi) is 3.04. The third kappa shape index (κ3) is 2.47. The van der Waals surface area contributed by atoms with Crippen molar-refractivity contribution in [3.05, 3.63) is 35.6 Å². The average Bonchev–Trinajstić information content (AvgIpc) is 3.06. The van der Waals surface area contributed by atoms with E-state index in [0.717, 1.165) is 0 Å². The summed E-state index contributed by atoms with van der Waals surface area (Å²) in [5, 5.41) is 1.82. The first kappa shape index (κ1) is 12.9. The molecule has 0 radical (unpaired) electrons. The Morgan fingerprint density at radius 3 is 2.39 bits per heavy atom. The Morgan fingerprint density at radius 2 is 1.89 bits per heavy atom. The molecular weight excluding hydrogens is 250 g/mol. The van der Waals surface area contributed by atoms with Crippen molar-refractivity contribution < 1.29 is 22.4 Å². The van der Waals surface area contributed by atoms with Crippen molar-refractivity contribution in [1.29, 1.82) is 0 Å². The minimum absolute atomic E-state index is 0.188. The Labute approximate surface area is 101 Å². The highest BCUT2D eigenvalue weighted by atomic mass is 19.4. The number of carbonyl (C=O) groups excluding carboxylic acids is 1. The fourth-order valence-electron chi connectivity index (χ4n) is 1.93. The van der Waals surface area contributed by atoms with Crippen LogP contribution < -0.4 is 5.32 Å². The lowest BCUT2D eigenvalue weighted by Crippen LogP contribution is -2.41. The van der Waals surface area contributed by atoms with Crippen molar-refractivity contribution in [2.75, 3.05) is 6.54 Å². The molecule has 0 unspecified atom stereocenters. The van der Waals surface area contributed by atoms with E-state index in [0.29, 0.717) is 18.4 Å². The summed E-state index contributed by atoms with van der Waals surface area (Å²) in [7, 11) is 0. The Balaban J connectivity index is 2.06. The van der Waals surface area contributed by atoms with Crippen LogP contribution >= 0.6 is 0 Å². The zero-order valence-electron chi connectivity index (χ0n) is 9.35. The van der Waals surface area contributed by atoms with Crippen molar-refractivity contribution in [2.45, 2.75) is 24.4 Å². The molecule has 0 aliphatic heterocycles. The molecule has 0 spiro atoms. The molecule has 1 fully saturated rings. The zero-order chi connectivity index (χ0) is 13.4. The van der Waals surface area contributed by atoms with Gasteiger partial charge in [0.15, 0.2) is 0 Å². The fourth-order valence-corrected chi connectivity index (χ4v) is 1.93. The van der Waals surface area contributed by atoms with E-state index in [1.54, 1.807) is 12.1 Å². The van der Waals surface area contributed by atoms with Crippen molar-refractivity contribution in [1.82, 2.24) is 5.32 Å². The third-order valence-corrected chi connectivity index (χ3v) is 3.14. The smallest absolute Gasteiger partial charge is 0.347 e. The van der Waals surface area contributed by atoms with Crippen LogP contribution in [-0.2, 0) is 10.2 Å². The van der Waals surface area contributed by atoms with Gasteiger partial charge in [0.1, 0.15) is 5.82 Å². The molecule has 2 rings (SSSR count). The molecule has 1 aromatic rings. The van der Waals surface area contributed by atoms with Gasteiger partial charge in [-0.05, 0) is 24.5 Å².